The first-order chi connectivity index (χ1) is 30.9. The third-order valence-corrected chi connectivity index (χ3v) is 12.7. The van der Waals surface area contributed by atoms with Gasteiger partial charge < -0.3 is 28.3 Å². The van der Waals surface area contributed by atoms with E-state index < -0.39 is 21.4 Å². The largest absolute Gasteiger partial charge is 0.468 e. The minimum absolute atomic E-state index is 0.182. The van der Waals surface area contributed by atoms with Crippen LogP contribution in [0, 0.1) is 6.92 Å². The highest BCUT2D eigenvalue weighted by atomic mass is 16.7. The van der Waals surface area contributed by atoms with Crippen molar-refractivity contribution in [2.24, 2.45) is 0 Å². The highest BCUT2D eigenvalue weighted by Crippen LogP contribution is 2.47. The van der Waals surface area contributed by atoms with Gasteiger partial charge in [0.15, 0.2) is 0 Å². The van der Waals surface area contributed by atoms with Gasteiger partial charge in [0.2, 0.25) is 0 Å². The Kier molecular flexibility index (Phi) is 11.8. The number of aryl methyl sites for hydroxylation is 1. The number of ether oxygens (including phenoxy) is 1. The normalized spacial score (nSPS) is 15.0. The molecule has 332 valence electrons. The smallest absolute Gasteiger partial charge is 0.452 e. The number of pyridine rings is 2. The third kappa shape index (κ3) is 8.74. The predicted octanol–water partition coefficient (Wildman–Crippen LogP) is 12.6. The van der Waals surface area contributed by atoms with Crippen LogP contribution in [0.2, 0.25) is 10.6 Å². The molecule has 7 aromatic rings. The lowest BCUT2D eigenvalue weighted by Crippen LogP contribution is -2.59. The van der Waals surface area contributed by atoms with Crippen molar-refractivity contribution in [3.05, 3.63) is 143 Å². The van der Waals surface area contributed by atoms with Crippen LogP contribution in [0.3, 0.4) is 0 Å². The Hall–Kier alpha value is -5.39. The zero-order valence-corrected chi connectivity index (χ0v) is 40.3. The molecule has 1 fully saturated rings. The molecule has 0 bridgehead atoms. The van der Waals surface area contributed by atoms with Gasteiger partial charge in [0.05, 0.1) is 47.5 Å². The number of benzene rings is 4. The lowest BCUT2D eigenvalue weighted by molar-refractivity contribution is 0.106. The quantitative estimate of drug-likeness (QED) is 0.133. The molecule has 0 radical (unpaired) electrons. The average Bonchev–Trinajstić information content (AvgIpc) is 3.82. The molecule has 65 heavy (non-hydrogen) atoms. The zero-order valence-electron chi connectivity index (χ0n) is 40.3. The molecule has 0 amide bonds. The molecule has 12 heteroatoms. The number of fused-ring (bicyclic) bond motifs is 4. The average molecular weight is 866 g/mol. The van der Waals surface area contributed by atoms with Gasteiger partial charge in [0.1, 0.15) is 12.5 Å². The van der Waals surface area contributed by atoms with E-state index in [1.165, 1.54) is 21.9 Å². The van der Waals surface area contributed by atoms with Crippen LogP contribution >= 0.6 is 0 Å². The number of anilines is 4. The van der Waals surface area contributed by atoms with Gasteiger partial charge >= 0.3 is 21.4 Å². The monoisotopic (exact) mass is 866 g/mol. The van der Waals surface area contributed by atoms with Crippen LogP contribution in [0.15, 0.2) is 116 Å². The maximum atomic E-state index is 6.79. The summed E-state index contributed by atoms with van der Waals surface area (Å²) in [6.07, 6.45) is 3.90. The van der Waals surface area contributed by atoms with E-state index >= 15 is 0 Å². The van der Waals surface area contributed by atoms with Crippen molar-refractivity contribution in [1.29, 1.82) is 0 Å². The Bertz CT molecular complexity index is 2860. The van der Waals surface area contributed by atoms with E-state index in [0.29, 0.717) is 25.8 Å². The molecular formula is C53H62B3N5O4. The molecule has 4 aromatic carbocycles. The van der Waals surface area contributed by atoms with Gasteiger partial charge in [-0.1, -0.05) is 137 Å². The van der Waals surface area contributed by atoms with Crippen LogP contribution in [-0.4, -0.2) is 42.6 Å². The second-order valence-corrected chi connectivity index (χ2v) is 21.4. The van der Waals surface area contributed by atoms with Crippen LogP contribution in [0.25, 0.3) is 27.6 Å². The first-order valence-corrected chi connectivity index (χ1v) is 23.1. The number of nitrogens with zero attached hydrogens (tertiary/aromatic N) is 5. The summed E-state index contributed by atoms with van der Waals surface area (Å²) in [4.78, 5) is 14.6. The molecule has 2 aliphatic rings. The van der Waals surface area contributed by atoms with Gasteiger partial charge in [-0.25, -0.2) is 4.98 Å². The van der Waals surface area contributed by atoms with Gasteiger partial charge in [-0.15, -0.1) is 0 Å². The van der Waals surface area contributed by atoms with Crippen molar-refractivity contribution in [2.45, 2.75) is 118 Å². The lowest BCUT2D eigenvalue weighted by Gasteiger charge is -2.42. The number of para-hydroxylation sites is 4. The fourth-order valence-corrected chi connectivity index (χ4v) is 9.09. The summed E-state index contributed by atoms with van der Waals surface area (Å²) in [5, 5.41) is 1.87. The minimum Gasteiger partial charge on any atom is -0.452 e. The van der Waals surface area contributed by atoms with E-state index in [1.54, 1.807) is 0 Å². The Labute approximate surface area is 386 Å². The molecule has 1 saturated heterocycles. The van der Waals surface area contributed by atoms with E-state index in [1.807, 2.05) is 12.4 Å². The van der Waals surface area contributed by atoms with Crippen molar-refractivity contribution in [3.63, 3.8) is 0 Å². The van der Waals surface area contributed by atoms with Gasteiger partial charge in [-0.2, -0.15) is 0 Å². The second-order valence-electron chi connectivity index (χ2n) is 21.4. The van der Waals surface area contributed by atoms with Crippen LogP contribution in [0.1, 0.15) is 110 Å². The minimum atomic E-state index is -0.641. The molecule has 5 heterocycles. The summed E-state index contributed by atoms with van der Waals surface area (Å²) >= 11 is 0. The van der Waals surface area contributed by atoms with Crippen LogP contribution in [0.5, 0.6) is 0 Å². The molecule has 0 N–H and O–H groups in total. The van der Waals surface area contributed by atoms with Gasteiger partial charge in [0.25, 0.3) is 0 Å². The van der Waals surface area contributed by atoms with Crippen LogP contribution < -0.4 is 15.3 Å². The van der Waals surface area contributed by atoms with Gasteiger partial charge in [-0.3, -0.25) is 9.55 Å². The van der Waals surface area contributed by atoms with Crippen LogP contribution in [0.4, 0.5) is 22.7 Å². The van der Waals surface area contributed by atoms with E-state index in [-0.39, 0.29) is 16.0 Å². The van der Waals surface area contributed by atoms with E-state index in [2.05, 4.69) is 201 Å². The first kappa shape index (κ1) is 44.8. The fourth-order valence-electron chi connectivity index (χ4n) is 9.09. The predicted molar refractivity (Wildman–Crippen MR) is 270 cm³/mol. The highest BCUT2D eigenvalue weighted by molar-refractivity contribution is 6.81. The van der Waals surface area contributed by atoms with Crippen molar-refractivity contribution >= 4 is 71.4 Å². The molecule has 0 atom stereocenters. The Balaban J connectivity index is 1.01. The molecule has 3 aromatic heterocycles. The molecule has 0 aliphatic carbocycles. The number of aromatic nitrogens is 3. The molecule has 9 nitrogen and oxygen atoms in total. The summed E-state index contributed by atoms with van der Waals surface area (Å²) in [7, 11) is -1.56. The fraction of sp³-hybridized carbons (Fsp3) is 0.358. The summed E-state index contributed by atoms with van der Waals surface area (Å²) in [6, 6.07) is 36.9. The maximum absolute atomic E-state index is 6.79. The lowest BCUT2D eigenvalue weighted by atomic mass is 9.50. The first-order valence-electron chi connectivity index (χ1n) is 23.1. The molecular weight excluding hydrogens is 803 g/mol. The van der Waals surface area contributed by atoms with Gasteiger partial charge in [-0.05, 0) is 88.0 Å². The SMILES string of the molecule is Cc1ncc(N2CN(c3c(B4OB(C(C)(C)C)OB(C(C)(C)C)O4)cccc3C(C)(C)C)c3ccccc32)cc1COCc1ccc2c3ccccc3n(-c3cc(C(C)C)ccn3)c2c1. The highest BCUT2D eigenvalue weighted by Gasteiger charge is 2.52. The zero-order chi connectivity index (χ0) is 46.0. The topological polar surface area (TPSA) is 74.1 Å². The van der Waals surface area contributed by atoms with Crippen LogP contribution in [-0.2, 0) is 37.1 Å². The summed E-state index contributed by atoms with van der Waals surface area (Å²) in [5.41, 5.74) is 12.9. The third-order valence-electron chi connectivity index (χ3n) is 12.7. The summed E-state index contributed by atoms with van der Waals surface area (Å²) in [5.74, 6) is 1.33. The Morgan fingerprint density at radius 1 is 0.677 bits per heavy atom. The molecule has 9 rings (SSSR count). The number of hydrogen-bond acceptors (Lipinski definition) is 8. The second kappa shape index (κ2) is 17.1. The maximum Gasteiger partial charge on any atom is 0.468 e. The molecule has 0 saturated carbocycles. The molecule has 2 aliphatic heterocycles. The van der Waals surface area contributed by atoms with Crippen molar-refractivity contribution in [3.8, 4) is 5.82 Å². The Morgan fingerprint density at radius 3 is 2.05 bits per heavy atom. The van der Waals surface area contributed by atoms with Gasteiger partial charge in [0, 0.05) is 39.4 Å². The Morgan fingerprint density at radius 2 is 1.35 bits per heavy atom. The van der Waals surface area contributed by atoms with E-state index in [9.17, 15) is 0 Å². The standard InChI is InChI=1S/C53H62B3N5O4/c1-35(2)38-26-27-57-49(30-38)61-45-21-14-13-18-41(45)42-25-24-37(28-48(42)61)32-62-33-39-29-40(31-58-36(39)3)59-34-60(47-23-16-15-22-46(47)59)50-43(51(4,5)6)19-17-20-44(50)54-63-55(52(7,8)9)65-56(64-54)53(10,11)12/h13-31,35H,32-34H2,1-12H3. The van der Waals surface area contributed by atoms with Crippen molar-refractivity contribution < 1.29 is 18.5 Å². The molecule has 0 unspecified atom stereocenters. The number of rotatable bonds is 9. The summed E-state index contributed by atoms with van der Waals surface area (Å²) in [6.45, 7) is 27.7. The van der Waals surface area contributed by atoms with E-state index in [4.69, 9.17) is 28.4 Å². The summed E-state index contributed by atoms with van der Waals surface area (Å²) < 4.78 is 28.9. The van der Waals surface area contributed by atoms with E-state index in [0.717, 1.165) is 61.9 Å². The molecule has 0 spiro atoms. The number of hydrogen-bond donors (Lipinski definition) is 0. The van der Waals surface area contributed by atoms with Crippen molar-refractivity contribution in [2.75, 3.05) is 16.5 Å². The van der Waals surface area contributed by atoms with Crippen molar-refractivity contribution in [1.82, 2.24) is 14.5 Å².